The Balaban J connectivity index is 1.99. The van der Waals surface area contributed by atoms with Crippen molar-refractivity contribution in [3.63, 3.8) is 0 Å². The number of hydrogen-bond acceptors (Lipinski definition) is 3. The second kappa shape index (κ2) is 4.61. The fourth-order valence-electron chi connectivity index (χ4n) is 1.26. The molecule has 0 unspecified atom stereocenters. The van der Waals surface area contributed by atoms with Crippen LogP contribution in [0.4, 0.5) is 4.39 Å². The fourth-order valence-corrected chi connectivity index (χ4v) is 1.26. The van der Waals surface area contributed by atoms with Crippen LogP contribution in [0.1, 0.15) is 5.56 Å². The van der Waals surface area contributed by atoms with Crippen LogP contribution in [-0.4, -0.2) is 10.1 Å². The van der Waals surface area contributed by atoms with Gasteiger partial charge in [0.1, 0.15) is 18.1 Å². The Morgan fingerprint density at radius 1 is 1.25 bits per heavy atom. The Hall–Kier alpha value is -2.10. The molecule has 0 aliphatic carbocycles. The van der Waals surface area contributed by atoms with E-state index in [2.05, 4.69) is 4.98 Å². The molecule has 4 heteroatoms. The van der Waals surface area contributed by atoms with Crippen LogP contribution in [0.15, 0.2) is 42.6 Å². The monoisotopic (exact) mass is 219 g/mol. The lowest BCUT2D eigenvalue weighted by atomic mass is 10.2. The van der Waals surface area contributed by atoms with E-state index in [-0.39, 0.29) is 5.75 Å². The van der Waals surface area contributed by atoms with Crippen LogP contribution in [0.25, 0.3) is 0 Å². The number of nitrogens with zero attached hydrogens (tertiary/aromatic N) is 1. The summed E-state index contributed by atoms with van der Waals surface area (Å²) in [7, 11) is 0. The van der Waals surface area contributed by atoms with Crippen molar-refractivity contribution in [2.45, 2.75) is 6.61 Å². The zero-order valence-corrected chi connectivity index (χ0v) is 8.43. The lowest BCUT2D eigenvalue weighted by molar-refractivity contribution is 0.303. The summed E-state index contributed by atoms with van der Waals surface area (Å²) in [5.74, 6) is 0.146. The second-order valence-corrected chi connectivity index (χ2v) is 3.28. The Morgan fingerprint density at radius 3 is 2.81 bits per heavy atom. The molecule has 2 aromatic rings. The molecule has 0 aliphatic heterocycles. The van der Waals surface area contributed by atoms with E-state index < -0.39 is 5.95 Å². The molecule has 0 bridgehead atoms. The van der Waals surface area contributed by atoms with Gasteiger partial charge in [-0.05, 0) is 29.8 Å². The number of halogens is 1. The van der Waals surface area contributed by atoms with Gasteiger partial charge < -0.3 is 9.84 Å². The van der Waals surface area contributed by atoms with Crippen molar-refractivity contribution in [1.29, 1.82) is 0 Å². The van der Waals surface area contributed by atoms with Gasteiger partial charge in [0.2, 0.25) is 5.95 Å². The predicted octanol–water partition coefficient (Wildman–Crippen LogP) is 2.51. The molecular weight excluding hydrogens is 209 g/mol. The maximum atomic E-state index is 12.5. The highest BCUT2D eigenvalue weighted by atomic mass is 19.1. The Kier molecular flexibility index (Phi) is 3.00. The van der Waals surface area contributed by atoms with Crippen molar-refractivity contribution < 1.29 is 14.2 Å². The van der Waals surface area contributed by atoms with E-state index in [1.54, 1.807) is 18.2 Å². The molecule has 1 aromatic heterocycles. The smallest absolute Gasteiger partial charge is 0.213 e. The third-order valence-corrected chi connectivity index (χ3v) is 2.02. The number of hydrogen-bond donors (Lipinski definition) is 1. The van der Waals surface area contributed by atoms with Gasteiger partial charge in [-0.1, -0.05) is 12.1 Å². The topological polar surface area (TPSA) is 42.4 Å². The molecule has 0 saturated carbocycles. The molecule has 0 radical (unpaired) electrons. The minimum Gasteiger partial charge on any atom is -0.508 e. The lowest BCUT2D eigenvalue weighted by Crippen LogP contribution is -1.95. The van der Waals surface area contributed by atoms with Crippen LogP contribution >= 0.6 is 0 Å². The van der Waals surface area contributed by atoms with Gasteiger partial charge in [-0.3, -0.25) is 0 Å². The van der Waals surface area contributed by atoms with Gasteiger partial charge in [-0.15, -0.1) is 0 Å². The second-order valence-electron chi connectivity index (χ2n) is 3.28. The molecule has 0 spiro atoms. The minimum absolute atomic E-state index is 0.193. The number of ether oxygens (including phenoxy) is 1. The predicted molar refractivity (Wildman–Crippen MR) is 56.6 cm³/mol. The molecule has 3 nitrogen and oxygen atoms in total. The zero-order chi connectivity index (χ0) is 11.4. The molecule has 0 saturated heterocycles. The summed E-state index contributed by atoms with van der Waals surface area (Å²) < 4.78 is 17.9. The van der Waals surface area contributed by atoms with E-state index in [1.807, 2.05) is 6.07 Å². The van der Waals surface area contributed by atoms with Crippen LogP contribution in [0.3, 0.4) is 0 Å². The average molecular weight is 219 g/mol. The first-order chi connectivity index (χ1) is 7.74. The lowest BCUT2D eigenvalue weighted by Gasteiger charge is -2.05. The normalized spacial score (nSPS) is 10.1. The third kappa shape index (κ3) is 2.70. The largest absolute Gasteiger partial charge is 0.508 e. The molecule has 0 amide bonds. The summed E-state index contributed by atoms with van der Waals surface area (Å²) in [4.78, 5) is 3.47. The van der Waals surface area contributed by atoms with Crippen molar-refractivity contribution >= 4 is 0 Å². The molecule has 82 valence electrons. The number of rotatable bonds is 3. The summed E-state index contributed by atoms with van der Waals surface area (Å²) in [5.41, 5.74) is 0.837. The van der Waals surface area contributed by atoms with Gasteiger partial charge >= 0.3 is 0 Å². The first-order valence-electron chi connectivity index (χ1n) is 4.76. The van der Waals surface area contributed by atoms with Crippen LogP contribution < -0.4 is 4.74 Å². The van der Waals surface area contributed by atoms with Crippen molar-refractivity contribution in [1.82, 2.24) is 4.98 Å². The first-order valence-corrected chi connectivity index (χ1v) is 4.76. The van der Waals surface area contributed by atoms with Crippen LogP contribution in [-0.2, 0) is 6.61 Å². The van der Waals surface area contributed by atoms with Gasteiger partial charge in [0, 0.05) is 0 Å². The van der Waals surface area contributed by atoms with E-state index >= 15 is 0 Å². The maximum absolute atomic E-state index is 12.5. The van der Waals surface area contributed by atoms with Gasteiger partial charge in [-0.2, -0.15) is 4.39 Å². The van der Waals surface area contributed by atoms with Crippen LogP contribution in [0.2, 0.25) is 0 Å². The number of aromatic hydroxyl groups is 1. The van der Waals surface area contributed by atoms with E-state index in [0.29, 0.717) is 12.4 Å². The van der Waals surface area contributed by atoms with E-state index in [0.717, 1.165) is 5.56 Å². The highest BCUT2D eigenvalue weighted by Crippen LogP contribution is 2.14. The van der Waals surface area contributed by atoms with E-state index in [9.17, 15) is 9.50 Å². The Labute approximate surface area is 92.1 Å². The summed E-state index contributed by atoms with van der Waals surface area (Å²) in [6.45, 7) is 0.307. The standard InChI is InChI=1S/C12H10FNO2/c13-12-5-4-11(7-14-12)16-8-9-2-1-3-10(15)6-9/h1-7,15H,8H2. The molecule has 1 N–H and O–H groups in total. The minimum atomic E-state index is -0.537. The summed E-state index contributed by atoms with van der Waals surface area (Å²) in [5, 5.41) is 9.23. The zero-order valence-electron chi connectivity index (χ0n) is 8.43. The van der Waals surface area contributed by atoms with Crippen molar-refractivity contribution in [3.8, 4) is 11.5 Å². The van der Waals surface area contributed by atoms with Gasteiger partial charge in [0.25, 0.3) is 0 Å². The van der Waals surface area contributed by atoms with Crippen molar-refractivity contribution in [3.05, 3.63) is 54.1 Å². The Morgan fingerprint density at radius 2 is 2.12 bits per heavy atom. The van der Waals surface area contributed by atoms with Gasteiger partial charge in [0.15, 0.2) is 0 Å². The number of pyridine rings is 1. The maximum Gasteiger partial charge on any atom is 0.213 e. The van der Waals surface area contributed by atoms with Crippen molar-refractivity contribution in [2.75, 3.05) is 0 Å². The van der Waals surface area contributed by atoms with Gasteiger partial charge in [-0.25, -0.2) is 4.98 Å². The molecule has 1 aromatic carbocycles. The highest BCUT2D eigenvalue weighted by molar-refractivity contribution is 5.27. The molecule has 2 rings (SSSR count). The highest BCUT2D eigenvalue weighted by Gasteiger charge is 1.98. The number of phenols is 1. The van der Waals surface area contributed by atoms with E-state index in [4.69, 9.17) is 4.74 Å². The summed E-state index contributed by atoms with van der Waals surface area (Å²) >= 11 is 0. The molecule has 0 atom stereocenters. The number of phenolic OH excluding ortho intramolecular Hbond substituents is 1. The van der Waals surface area contributed by atoms with E-state index in [1.165, 1.54) is 18.3 Å². The van der Waals surface area contributed by atoms with Gasteiger partial charge in [0.05, 0.1) is 6.20 Å². The number of aromatic nitrogens is 1. The molecule has 0 aliphatic rings. The molecular formula is C12H10FNO2. The van der Waals surface area contributed by atoms with Crippen molar-refractivity contribution in [2.24, 2.45) is 0 Å². The first kappa shape index (κ1) is 10.4. The third-order valence-electron chi connectivity index (χ3n) is 2.02. The average Bonchev–Trinajstić information content (AvgIpc) is 2.28. The number of benzene rings is 1. The van der Waals surface area contributed by atoms with Crippen LogP contribution in [0, 0.1) is 5.95 Å². The molecule has 16 heavy (non-hydrogen) atoms. The quantitative estimate of drug-likeness (QED) is 0.806. The Bertz CT molecular complexity index is 471. The SMILES string of the molecule is Oc1cccc(COc2ccc(F)nc2)c1. The summed E-state index contributed by atoms with van der Waals surface area (Å²) in [6.07, 6.45) is 1.32. The molecule has 1 heterocycles. The fraction of sp³-hybridized carbons (Fsp3) is 0.0833. The summed E-state index contributed by atoms with van der Waals surface area (Å²) in [6, 6.07) is 9.50. The molecule has 0 fully saturated rings. The van der Waals surface area contributed by atoms with Crippen LogP contribution in [0.5, 0.6) is 11.5 Å².